The van der Waals surface area contributed by atoms with Gasteiger partial charge in [0.05, 0.1) is 25.5 Å². The third-order valence-corrected chi connectivity index (χ3v) is 5.26. The van der Waals surface area contributed by atoms with Crippen LogP contribution in [0.25, 0.3) is 11.3 Å². The topological polar surface area (TPSA) is 66.5 Å². The molecule has 0 unspecified atom stereocenters. The largest absolute Gasteiger partial charge is 0.497 e. The van der Waals surface area contributed by atoms with E-state index >= 15 is 0 Å². The van der Waals surface area contributed by atoms with Crippen LogP contribution in [0.2, 0.25) is 0 Å². The highest BCUT2D eigenvalue weighted by Gasteiger charge is 2.19. The van der Waals surface area contributed by atoms with Crippen LogP contribution in [-0.2, 0) is 13.0 Å². The summed E-state index contributed by atoms with van der Waals surface area (Å²) in [4.78, 5) is 11.9. The molecule has 0 bridgehead atoms. The normalized spacial score (nSPS) is 10.7. The number of primary amides is 1. The summed E-state index contributed by atoms with van der Waals surface area (Å²) in [5, 5.41) is 0. The van der Waals surface area contributed by atoms with Gasteiger partial charge in [-0.05, 0) is 49.9 Å². The maximum atomic E-state index is 11.9. The zero-order chi connectivity index (χ0) is 20.8. The van der Waals surface area contributed by atoms with Crippen molar-refractivity contribution >= 4 is 5.91 Å². The molecule has 0 spiro atoms. The van der Waals surface area contributed by atoms with E-state index in [-0.39, 0.29) is 0 Å². The molecule has 0 fully saturated rings. The zero-order valence-corrected chi connectivity index (χ0v) is 17.3. The van der Waals surface area contributed by atoms with E-state index < -0.39 is 5.91 Å². The maximum Gasteiger partial charge on any atom is 0.250 e. The van der Waals surface area contributed by atoms with Crippen molar-refractivity contribution in [2.75, 3.05) is 14.2 Å². The molecule has 0 saturated carbocycles. The first-order chi connectivity index (χ1) is 14.0. The SMILES string of the molecule is COc1ccc(-c2cc(C(N)=O)c(C)n2CCCCc2ccccc2)c(OC)c1. The van der Waals surface area contributed by atoms with Gasteiger partial charge in [0, 0.05) is 23.9 Å². The molecule has 0 aliphatic rings. The number of amides is 1. The number of carbonyl (C=O) groups excluding carboxylic acids is 1. The van der Waals surface area contributed by atoms with Gasteiger partial charge in [0.15, 0.2) is 0 Å². The number of benzene rings is 2. The van der Waals surface area contributed by atoms with Gasteiger partial charge in [-0.25, -0.2) is 0 Å². The number of carbonyl (C=O) groups is 1. The van der Waals surface area contributed by atoms with Crippen LogP contribution in [-0.4, -0.2) is 24.7 Å². The van der Waals surface area contributed by atoms with Crippen molar-refractivity contribution in [1.82, 2.24) is 4.57 Å². The highest BCUT2D eigenvalue weighted by Crippen LogP contribution is 2.36. The number of aromatic nitrogens is 1. The summed E-state index contributed by atoms with van der Waals surface area (Å²) in [6.45, 7) is 2.74. The van der Waals surface area contributed by atoms with E-state index in [1.807, 2.05) is 37.3 Å². The van der Waals surface area contributed by atoms with Crippen LogP contribution in [0.3, 0.4) is 0 Å². The molecular formula is C24H28N2O3. The molecule has 0 aliphatic carbocycles. The van der Waals surface area contributed by atoms with Crippen molar-refractivity contribution in [3.8, 4) is 22.8 Å². The van der Waals surface area contributed by atoms with Crippen molar-refractivity contribution in [2.45, 2.75) is 32.7 Å². The van der Waals surface area contributed by atoms with Crippen LogP contribution in [0.4, 0.5) is 0 Å². The molecule has 0 aliphatic heterocycles. The van der Waals surface area contributed by atoms with Crippen molar-refractivity contribution in [2.24, 2.45) is 5.73 Å². The van der Waals surface area contributed by atoms with Gasteiger partial charge in [0.1, 0.15) is 11.5 Å². The number of ether oxygens (including phenoxy) is 2. The molecule has 5 nitrogen and oxygen atoms in total. The Morgan fingerprint density at radius 2 is 1.76 bits per heavy atom. The van der Waals surface area contributed by atoms with Crippen molar-refractivity contribution in [3.05, 3.63) is 71.4 Å². The minimum Gasteiger partial charge on any atom is -0.497 e. The number of unbranched alkanes of at least 4 members (excludes halogenated alkanes) is 1. The monoisotopic (exact) mass is 392 g/mol. The lowest BCUT2D eigenvalue weighted by molar-refractivity contribution is 0.0999. The van der Waals surface area contributed by atoms with Crippen LogP contribution in [0.5, 0.6) is 11.5 Å². The summed E-state index contributed by atoms with van der Waals surface area (Å²) in [7, 11) is 3.26. The van der Waals surface area contributed by atoms with E-state index in [0.29, 0.717) is 11.3 Å². The second kappa shape index (κ2) is 9.32. The third-order valence-electron chi connectivity index (χ3n) is 5.26. The molecule has 5 heteroatoms. The molecule has 1 aromatic heterocycles. The zero-order valence-electron chi connectivity index (χ0n) is 17.3. The Morgan fingerprint density at radius 1 is 1.00 bits per heavy atom. The van der Waals surface area contributed by atoms with E-state index in [1.165, 1.54) is 5.56 Å². The Kier molecular flexibility index (Phi) is 6.60. The Hall–Kier alpha value is -3.21. The van der Waals surface area contributed by atoms with Crippen molar-refractivity contribution in [3.63, 3.8) is 0 Å². The quantitative estimate of drug-likeness (QED) is 0.541. The predicted octanol–water partition coefficient (Wildman–Crippen LogP) is 4.60. The average Bonchev–Trinajstić information content (AvgIpc) is 3.07. The maximum absolute atomic E-state index is 11.9. The number of hydrogen-bond donors (Lipinski definition) is 1. The molecule has 3 aromatic rings. The predicted molar refractivity (Wildman–Crippen MR) is 116 cm³/mol. The molecule has 0 radical (unpaired) electrons. The van der Waals surface area contributed by atoms with E-state index in [4.69, 9.17) is 15.2 Å². The number of nitrogens with zero attached hydrogens (tertiary/aromatic N) is 1. The van der Waals surface area contributed by atoms with Crippen LogP contribution in [0, 0.1) is 6.92 Å². The van der Waals surface area contributed by atoms with Gasteiger partial charge in [0.25, 0.3) is 5.91 Å². The second-order valence-corrected chi connectivity index (χ2v) is 7.05. The standard InChI is InChI=1S/C24H28N2O3/c1-17-21(24(25)27)16-22(20-13-12-19(28-2)15-23(20)29-3)26(17)14-8-7-11-18-9-5-4-6-10-18/h4-6,9-10,12-13,15-16H,7-8,11,14H2,1-3H3,(H2,25,27). The van der Waals surface area contributed by atoms with E-state index in [1.54, 1.807) is 14.2 Å². The van der Waals surface area contributed by atoms with Gasteiger partial charge >= 0.3 is 0 Å². The molecule has 3 rings (SSSR count). The fourth-order valence-electron chi connectivity index (χ4n) is 3.66. The number of aryl methyl sites for hydroxylation is 1. The molecule has 29 heavy (non-hydrogen) atoms. The van der Waals surface area contributed by atoms with Gasteiger partial charge in [0.2, 0.25) is 0 Å². The minimum atomic E-state index is -0.417. The molecule has 2 N–H and O–H groups in total. The first-order valence-electron chi connectivity index (χ1n) is 9.81. The fraction of sp³-hybridized carbons (Fsp3) is 0.292. The van der Waals surface area contributed by atoms with E-state index in [2.05, 4.69) is 28.8 Å². The molecule has 1 amide bonds. The lowest BCUT2D eigenvalue weighted by Crippen LogP contribution is -2.12. The van der Waals surface area contributed by atoms with Crippen LogP contribution in [0.15, 0.2) is 54.6 Å². The Balaban J connectivity index is 1.87. The highest BCUT2D eigenvalue weighted by atomic mass is 16.5. The summed E-state index contributed by atoms with van der Waals surface area (Å²) in [6, 6.07) is 18.0. The lowest BCUT2D eigenvalue weighted by Gasteiger charge is -2.15. The van der Waals surface area contributed by atoms with Crippen LogP contribution in [0.1, 0.15) is 34.5 Å². The van der Waals surface area contributed by atoms with E-state index in [0.717, 1.165) is 48.5 Å². The van der Waals surface area contributed by atoms with E-state index in [9.17, 15) is 4.79 Å². The average molecular weight is 392 g/mol. The third kappa shape index (κ3) is 4.62. The number of hydrogen-bond acceptors (Lipinski definition) is 3. The molecular weight excluding hydrogens is 364 g/mol. The fourth-order valence-corrected chi connectivity index (χ4v) is 3.66. The molecule has 1 heterocycles. The summed E-state index contributed by atoms with van der Waals surface area (Å²) < 4.78 is 13.0. The summed E-state index contributed by atoms with van der Waals surface area (Å²) in [5.41, 5.74) is 10.2. The molecule has 152 valence electrons. The Morgan fingerprint density at radius 3 is 2.41 bits per heavy atom. The van der Waals surface area contributed by atoms with Crippen molar-refractivity contribution in [1.29, 1.82) is 0 Å². The molecule has 2 aromatic carbocycles. The number of methoxy groups -OCH3 is 2. The van der Waals surface area contributed by atoms with Crippen LogP contribution >= 0.6 is 0 Å². The Labute approximate surface area is 172 Å². The van der Waals surface area contributed by atoms with Gasteiger partial charge in [-0.2, -0.15) is 0 Å². The lowest BCUT2D eigenvalue weighted by atomic mass is 10.1. The first kappa shape index (κ1) is 20.5. The smallest absolute Gasteiger partial charge is 0.250 e. The minimum absolute atomic E-state index is 0.417. The van der Waals surface area contributed by atoms with Gasteiger partial charge in [-0.3, -0.25) is 4.79 Å². The molecule has 0 saturated heterocycles. The number of rotatable bonds is 9. The van der Waals surface area contributed by atoms with Crippen molar-refractivity contribution < 1.29 is 14.3 Å². The Bertz CT molecular complexity index is 977. The van der Waals surface area contributed by atoms with Gasteiger partial charge in [-0.1, -0.05) is 30.3 Å². The second-order valence-electron chi connectivity index (χ2n) is 7.05. The van der Waals surface area contributed by atoms with Crippen LogP contribution < -0.4 is 15.2 Å². The van der Waals surface area contributed by atoms with Gasteiger partial charge < -0.3 is 19.8 Å². The summed E-state index contributed by atoms with van der Waals surface area (Å²) in [6.07, 6.45) is 3.09. The highest BCUT2D eigenvalue weighted by molar-refractivity contribution is 5.96. The number of nitrogens with two attached hydrogens (primary N) is 1. The van der Waals surface area contributed by atoms with Gasteiger partial charge in [-0.15, -0.1) is 0 Å². The summed E-state index contributed by atoms with van der Waals surface area (Å²) >= 11 is 0. The summed E-state index contributed by atoms with van der Waals surface area (Å²) in [5.74, 6) is 1.00. The first-order valence-corrected chi connectivity index (χ1v) is 9.81. The molecule has 0 atom stereocenters.